The van der Waals surface area contributed by atoms with Crippen molar-refractivity contribution in [3.8, 4) is 6.01 Å². The summed E-state index contributed by atoms with van der Waals surface area (Å²) >= 11 is 0. The molecule has 0 spiro atoms. The Morgan fingerprint density at radius 3 is 3.25 bits per heavy atom. The molecular formula is C4H3N2O2. The highest BCUT2D eigenvalue weighted by Gasteiger charge is 1.89. The molecule has 0 aromatic carbocycles. The molecule has 0 aliphatic rings. The quantitative estimate of drug-likeness (QED) is 0.577. The van der Waals surface area contributed by atoms with Crippen LogP contribution in [0.5, 0.6) is 6.01 Å². The lowest BCUT2D eigenvalue weighted by molar-refractivity contribution is 0.425. The van der Waals surface area contributed by atoms with Crippen molar-refractivity contribution in [2.24, 2.45) is 0 Å². The molecule has 0 aliphatic heterocycles. The van der Waals surface area contributed by atoms with E-state index in [1.54, 1.807) is 6.20 Å². The van der Waals surface area contributed by atoms with Gasteiger partial charge in [-0.25, -0.2) is 9.78 Å². The Morgan fingerprint density at radius 1 is 1.88 bits per heavy atom. The van der Waals surface area contributed by atoms with Crippen LogP contribution in [0.2, 0.25) is 0 Å². The number of nitrogens with zero attached hydrogens (tertiary/aromatic N) is 1. The third kappa shape index (κ3) is 0.841. The summed E-state index contributed by atoms with van der Waals surface area (Å²) < 4.78 is 4.17. The Hall–Kier alpha value is -1.32. The molecule has 1 N–H and O–H groups in total. The maximum absolute atomic E-state index is 9.46. The Morgan fingerprint density at radius 2 is 2.75 bits per heavy atom. The molecule has 0 atom stereocenters. The first-order valence-electron chi connectivity index (χ1n) is 1.97. The van der Waals surface area contributed by atoms with Gasteiger partial charge in [0.2, 0.25) is 0 Å². The molecule has 0 unspecified atom stereocenters. The summed E-state index contributed by atoms with van der Waals surface area (Å²) in [5, 5.41) is 0. The Bertz CT molecular complexity index is 159. The van der Waals surface area contributed by atoms with Crippen LogP contribution in [0, 0.1) is 0 Å². The van der Waals surface area contributed by atoms with Crippen molar-refractivity contribution in [2.75, 3.05) is 0 Å². The summed E-state index contributed by atoms with van der Waals surface area (Å²) in [5.41, 5.74) is 0. The number of rotatable bonds is 2. The molecule has 1 rings (SSSR count). The number of nitrogens with one attached hydrogen (secondary N) is 1. The number of imidazole rings is 1. The van der Waals surface area contributed by atoms with Gasteiger partial charge in [0.15, 0.2) is 0 Å². The first-order valence-corrected chi connectivity index (χ1v) is 1.97. The van der Waals surface area contributed by atoms with Gasteiger partial charge in [0.05, 0.1) is 0 Å². The summed E-state index contributed by atoms with van der Waals surface area (Å²) in [6, 6.07) is 0.167. The van der Waals surface area contributed by atoms with Crippen LogP contribution in [-0.4, -0.2) is 16.4 Å². The number of aromatic nitrogens is 2. The zero-order chi connectivity index (χ0) is 5.82. The van der Waals surface area contributed by atoms with Crippen molar-refractivity contribution in [2.45, 2.75) is 0 Å². The largest absolute Gasteiger partial charge is 0.425 e. The molecule has 0 amide bonds. The summed E-state index contributed by atoms with van der Waals surface area (Å²) in [4.78, 5) is 15.6. The van der Waals surface area contributed by atoms with Crippen LogP contribution in [0.1, 0.15) is 0 Å². The number of hydrogen-bond acceptors (Lipinski definition) is 3. The van der Waals surface area contributed by atoms with E-state index in [4.69, 9.17) is 0 Å². The van der Waals surface area contributed by atoms with Crippen LogP contribution in [0.25, 0.3) is 0 Å². The van der Waals surface area contributed by atoms with Crippen molar-refractivity contribution in [1.29, 1.82) is 0 Å². The molecule has 0 fully saturated rings. The molecule has 1 aromatic rings. The second-order valence-corrected chi connectivity index (χ2v) is 1.08. The standard InChI is InChI=1S/C4H3N2O2/c7-3-8-4-5-1-2-6-4/h1-2H,(H,5,6). The summed E-state index contributed by atoms with van der Waals surface area (Å²) in [5.74, 6) is 0. The highest BCUT2D eigenvalue weighted by atomic mass is 16.5. The van der Waals surface area contributed by atoms with Crippen LogP contribution >= 0.6 is 0 Å². The molecule has 0 aliphatic carbocycles. The smallest absolute Gasteiger partial charge is 0.384 e. The predicted molar refractivity (Wildman–Crippen MR) is 24.9 cm³/mol. The van der Waals surface area contributed by atoms with Crippen molar-refractivity contribution in [3.63, 3.8) is 0 Å². The van der Waals surface area contributed by atoms with E-state index < -0.39 is 0 Å². The minimum atomic E-state index is 0.167. The zero-order valence-corrected chi connectivity index (χ0v) is 3.92. The summed E-state index contributed by atoms with van der Waals surface area (Å²) in [7, 11) is 0. The van der Waals surface area contributed by atoms with Gasteiger partial charge in [-0.05, 0) is 0 Å². The molecule has 4 heteroatoms. The molecule has 1 heterocycles. The monoisotopic (exact) mass is 111 g/mol. The maximum Gasteiger partial charge on any atom is 0.425 e. The number of H-pyrrole nitrogens is 1. The van der Waals surface area contributed by atoms with Crippen molar-refractivity contribution in [1.82, 2.24) is 9.97 Å². The number of hydrogen-bond donors (Lipinski definition) is 1. The molecule has 4 nitrogen and oxygen atoms in total. The lowest BCUT2D eigenvalue weighted by Crippen LogP contribution is -1.88. The minimum Gasteiger partial charge on any atom is -0.384 e. The van der Waals surface area contributed by atoms with E-state index in [0.29, 0.717) is 0 Å². The fraction of sp³-hybridized carbons (Fsp3) is 0. The number of carbonyl (C=O) groups excluding carboxylic acids is 1. The maximum atomic E-state index is 9.46. The van der Waals surface area contributed by atoms with Crippen LogP contribution in [0.15, 0.2) is 12.4 Å². The Kier molecular flexibility index (Phi) is 1.27. The molecule has 1 aromatic heterocycles. The molecule has 8 heavy (non-hydrogen) atoms. The first kappa shape index (κ1) is 4.83. The first-order chi connectivity index (χ1) is 3.93. The van der Waals surface area contributed by atoms with Gasteiger partial charge in [-0.3, -0.25) is 0 Å². The normalized spacial score (nSPS) is 8.50. The highest BCUT2D eigenvalue weighted by Crippen LogP contribution is 1.94. The summed E-state index contributed by atoms with van der Waals surface area (Å²) in [6.07, 6.45) is 3.03. The van der Waals surface area contributed by atoms with Crippen LogP contribution in [0.3, 0.4) is 0 Å². The fourth-order valence-electron chi connectivity index (χ4n) is 0.346. The van der Waals surface area contributed by atoms with Crippen LogP contribution in [-0.2, 0) is 4.79 Å². The van der Waals surface area contributed by atoms with E-state index in [-0.39, 0.29) is 6.01 Å². The third-order valence-electron chi connectivity index (χ3n) is 0.611. The average molecular weight is 111 g/mol. The fourth-order valence-corrected chi connectivity index (χ4v) is 0.346. The minimum absolute atomic E-state index is 0.167. The van der Waals surface area contributed by atoms with E-state index in [9.17, 15) is 4.79 Å². The highest BCUT2D eigenvalue weighted by molar-refractivity contribution is 5.42. The van der Waals surface area contributed by atoms with Gasteiger partial charge < -0.3 is 9.72 Å². The van der Waals surface area contributed by atoms with Gasteiger partial charge in [0, 0.05) is 12.4 Å². The van der Waals surface area contributed by atoms with Crippen molar-refractivity contribution in [3.05, 3.63) is 12.4 Å². The third-order valence-corrected chi connectivity index (χ3v) is 0.611. The lowest BCUT2D eigenvalue weighted by atomic mass is 11.0. The van der Waals surface area contributed by atoms with Crippen molar-refractivity contribution < 1.29 is 9.53 Å². The Balaban J connectivity index is 2.62. The van der Waals surface area contributed by atoms with E-state index in [2.05, 4.69) is 14.7 Å². The second kappa shape index (κ2) is 2.11. The van der Waals surface area contributed by atoms with Gasteiger partial charge in [-0.15, -0.1) is 0 Å². The van der Waals surface area contributed by atoms with Gasteiger partial charge >= 0.3 is 12.5 Å². The predicted octanol–water partition coefficient (Wildman–Crippen LogP) is -0.144. The zero-order valence-electron chi connectivity index (χ0n) is 3.92. The molecule has 41 valence electrons. The van der Waals surface area contributed by atoms with Crippen LogP contribution < -0.4 is 4.74 Å². The van der Waals surface area contributed by atoms with Gasteiger partial charge in [-0.1, -0.05) is 0 Å². The number of ether oxygens (including phenoxy) is 1. The lowest BCUT2D eigenvalue weighted by Gasteiger charge is -1.82. The Labute approximate surface area is 45.5 Å². The SMILES string of the molecule is O=[C]Oc1ncc[nH]1. The molecule has 0 saturated carbocycles. The van der Waals surface area contributed by atoms with Gasteiger partial charge in [0.1, 0.15) is 0 Å². The second-order valence-electron chi connectivity index (χ2n) is 1.08. The van der Waals surface area contributed by atoms with E-state index in [0.717, 1.165) is 0 Å². The van der Waals surface area contributed by atoms with Gasteiger partial charge in [-0.2, -0.15) is 0 Å². The molecule has 0 bridgehead atoms. The van der Waals surface area contributed by atoms with E-state index in [1.165, 1.54) is 12.7 Å². The van der Waals surface area contributed by atoms with E-state index >= 15 is 0 Å². The topological polar surface area (TPSA) is 55.0 Å². The van der Waals surface area contributed by atoms with E-state index in [1.807, 2.05) is 0 Å². The molecule has 0 saturated heterocycles. The number of aromatic amines is 1. The van der Waals surface area contributed by atoms with Crippen molar-refractivity contribution >= 4 is 6.47 Å². The molecular weight excluding hydrogens is 108 g/mol. The summed E-state index contributed by atoms with van der Waals surface area (Å²) in [6.45, 7) is 1.23. The van der Waals surface area contributed by atoms with Crippen LogP contribution in [0.4, 0.5) is 0 Å². The van der Waals surface area contributed by atoms with Gasteiger partial charge in [0.25, 0.3) is 0 Å². The average Bonchev–Trinajstić information content (AvgIpc) is 2.19. The molecule has 1 radical (unpaired) electrons.